The highest BCUT2D eigenvalue weighted by atomic mass is 32.2. The second-order valence-electron chi connectivity index (χ2n) is 8.94. The monoisotopic (exact) mass is 513 g/mol. The van der Waals surface area contributed by atoms with Gasteiger partial charge in [-0.2, -0.15) is 4.31 Å². The van der Waals surface area contributed by atoms with Crippen LogP contribution in [0.25, 0.3) is 0 Å². The van der Waals surface area contributed by atoms with Crippen LogP contribution in [0.4, 0.5) is 15.8 Å². The molecule has 190 valence electrons. The number of imide groups is 1. The maximum atomic E-state index is 13.6. The molecule has 2 aromatic rings. The molecule has 1 N–H and O–H groups in total. The predicted molar refractivity (Wildman–Crippen MR) is 133 cm³/mol. The zero-order chi connectivity index (χ0) is 25.9. The third-order valence-electron chi connectivity index (χ3n) is 6.37. The van der Waals surface area contributed by atoms with Crippen molar-refractivity contribution >= 4 is 39.1 Å². The molecule has 1 heterocycles. The molecule has 8 nitrogen and oxygen atoms in total. The van der Waals surface area contributed by atoms with Crippen molar-refractivity contribution in [2.75, 3.05) is 16.8 Å². The topological polar surface area (TPSA) is 104 Å². The van der Waals surface area contributed by atoms with Crippen LogP contribution < -0.4 is 10.2 Å². The molecular weight excluding hydrogens is 485 g/mol. The van der Waals surface area contributed by atoms with Gasteiger partial charge in [-0.25, -0.2) is 17.7 Å². The van der Waals surface area contributed by atoms with E-state index < -0.39 is 33.7 Å². The van der Waals surface area contributed by atoms with Crippen molar-refractivity contribution in [3.63, 3.8) is 0 Å². The summed E-state index contributed by atoms with van der Waals surface area (Å²) in [6, 6.07) is 9.39. The van der Waals surface area contributed by atoms with E-state index in [4.69, 9.17) is 0 Å². The summed E-state index contributed by atoms with van der Waals surface area (Å²) >= 11 is 0. The van der Waals surface area contributed by atoms with Gasteiger partial charge in [-0.05, 0) is 80.6 Å². The molecule has 0 saturated carbocycles. The van der Waals surface area contributed by atoms with Crippen LogP contribution in [-0.4, -0.2) is 43.0 Å². The summed E-state index contributed by atoms with van der Waals surface area (Å²) in [4.78, 5) is 38.5. The normalized spacial score (nSPS) is 18.5. The Hall–Kier alpha value is -3.37. The first-order valence-corrected chi connectivity index (χ1v) is 13.3. The van der Waals surface area contributed by atoms with E-state index >= 15 is 0 Å². The summed E-state index contributed by atoms with van der Waals surface area (Å²) in [7, 11) is -4.19. The van der Waals surface area contributed by atoms with Crippen molar-refractivity contribution in [3.05, 3.63) is 66.0 Å². The van der Waals surface area contributed by atoms with E-state index in [0.717, 1.165) is 64.7 Å². The maximum absolute atomic E-state index is 13.6. The maximum Gasteiger partial charge on any atom is 0.252 e. The van der Waals surface area contributed by atoms with Gasteiger partial charge in [0, 0.05) is 19.2 Å². The fourth-order valence-corrected chi connectivity index (χ4v) is 6.16. The van der Waals surface area contributed by atoms with Crippen LogP contribution in [0.3, 0.4) is 0 Å². The Balaban J connectivity index is 1.63. The van der Waals surface area contributed by atoms with Crippen LogP contribution in [0, 0.1) is 5.82 Å². The summed E-state index contributed by atoms with van der Waals surface area (Å²) in [5.74, 6) is -2.00. The van der Waals surface area contributed by atoms with E-state index in [9.17, 15) is 27.2 Å². The lowest BCUT2D eigenvalue weighted by atomic mass is 9.97. The van der Waals surface area contributed by atoms with Gasteiger partial charge in [-0.15, -0.1) is 0 Å². The average Bonchev–Trinajstić information content (AvgIpc) is 3.13. The number of nitrogens with zero attached hydrogens (tertiary/aromatic N) is 2. The molecule has 1 unspecified atom stereocenters. The van der Waals surface area contributed by atoms with E-state index in [-0.39, 0.29) is 29.5 Å². The summed E-state index contributed by atoms with van der Waals surface area (Å²) in [5.41, 5.74) is 1.92. The molecule has 4 rings (SSSR count). The Kier molecular flexibility index (Phi) is 7.65. The molecule has 3 amide bonds. The van der Waals surface area contributed by atoms with Gasteiger partial charge in [0.25, 0.3) is 5.91 Å². The molecule has 1 aliphatic carbocycles. The fourth-order valence-electron chi connectivity index (χ4n) is 4.58. The van der Waals surface area contributed by atoms with E-state index in [1.165, 1.54) is 19.1 Å². The number of amides is 3. The van der Waals surface area contributed by atoms with Gasteiger partial charge < -0.3 is 5.32 Å². The van der Waals surface area contributed by atoms with Gasteiger partial charge in [-0.3, -0.25) is 14.4 Å². The number of hydrogen-bond acceptors (Lipinski definition) is 5. The van der Waals surface area contributed by atoms with Gasteiger partial charge >= 0.3 is 0 Å². The Morgan fingerprint density at radius 2 is 1.78 bits per heavy atom. The highest BCUT2D eigenvalue weighted by Gasteiger charge is 2.46. The number of rotatable bonds is 8. The SMILES string of the molecule is CC(=O)Nc1ccc(N2C(=O)CC(N(CCC3=CCCCC3)S(=O)(=O)c3ccc(F)cc3)C2=O)cc1. The van der Waals surface area contributed by atoms with Crippen LogP contribution >= 0.6 is 0 Å². The van der Waals surface area contributed by atoms with Crippen LogP contribution in [0.5, 0.6) is 0 Å². The van der Waals surface area contributed by atoms with Crippen molar-refractivity contribution in [1.82, 2.24) is 4.31 Å². The average molecular weight is 514 g/mol. The summed E-state index contributed by atoms with van der Waals surface area (Å²) < 4.78 is 41.8. The molecule has 0 radical (unpaired) electrons. The van der Waals surface area contributed by atoms with Gasteiger partial charge in [0.1, 0.15) is 11.9 Å². The summed E-state index contributed by atoms with van der Waals surface area (Å²) in [6.45, 7) is 1.40. The molecular formula is C26H28FN3O5S. The highest BCUT2D eigenvalue weighted by molar-refractivity contribution is 7.89. The lowest BCUT2D eigenvalue weighted by molar-refractivity contribution is -0.122. The molecule has 1 aliphatic heterocycles. The molecule has 0 aromatic heterocycles. The lowest BCUT2D eigenvalue weighted by Crippen LogP contribution is -2.46. The first kappa shape index (κ1) is 25.7. The zero-order valence-electron chi connectivity index (χ0n) is 19.9. The second-order valence-corrected chi connectivity index (χ2v) is 10.8. The Morgan fingerprint density at radius 1 is 1.08 bits per heavy atom. The number of sulfonamides is 1. The van der Waals surface area contributed by atoms with E-state index in [1.807, 2.05) is 0 Å². The molecule has 1 saturated heterocycles. The van der Waals surface area contributed by atoms with Crippen LogP contribution in [0.2, 0.25) is 0 Å². The predicted octanol–water partition coefficient (Wildman–Crippen LogP) is 4.00. The third-order valence-corrected chi connectivity index (χ3v) is 8.30. The molecule has 0 spiro atoms. The molecule has 0 bridgehead atoms. The van der Waals surface area contributed by atoms with Crippen molar-refractivity contribution < 1.29 is 27.2 Å². The summed E-state index contributed by atoms with van der Waals surface area (Å²) in [5, 5.41) is 2.62. The van der Waals surface area contributed by atoms with Crippen LogP contribution in [0.1, 0.15) is 45.4 Å². The molecule has 10 heteroatoms. The highest BCUT2D eigenvalue weighted by Crippen LogP contribution is 2.31. The van der Waals surface area contributed by atoms with Crippen LogP contribution in [-0.2, 0) is 24.4 Å². The van der Waals surface area contributed by atoms with Crippen molar-refractivity contribution in [1.29, 1.82) is 0 Å². The second kappa shape index (κ2) is 10.7. The number of benzene rings is 2. The van der Waals surface area contributed by atoms with E-state index in [1.54, 1.807) is 12.1 Å². The minimum absolute atomic E-state index is 0.0323. The molecule has 36 heavy (non-hydrogen) atoms. The number of carbonyl (C=O) groups is 3. The van der Waals surface area contributed by atoms with Crippen molar-refractivity contribution in [2.24, 2.45) is 0 Å². The van der Waals surface area contributed by atoms with E-state index in [2.05, 4.69) is 11.4 Å². The van der Waals surface area contributed by atoms with Gasteiger partial charge in [0.05, 0.1) is 17.0 Å². The molecule has 2 aliphatic rings. The first-order valence-electron chi connectivity index (χ1n) is 11.9. The number of anilines is 2. The largest absolute Gasteiger partial charge is 0.326 e. The van der Waals surface area contributed by atoms with Gasteiger partial charge in [-0.1, -0.05) is 11.6 Å². The molecule has 1 fully saturated rings. The third kappa shape index (κ3) is 5.55. The number of halogens is 1. The smallest absolute Gasteiger partial charge is 0.252 e. The van der Waals surface area contributed by atoms with Crippen molar-refractivity contribution in [2.45, 2.75) is 56.4 Å². The van der Waals surface area contributed by atoms with Crippen molar-refractivity contribution in [3.8, 4) is 0 Å². The number of allylic oxidation sites excluding steroid dienone is 1. The first-order chi connectivity index (χ1) is 17.2. The Bertz CT molecular complexity index is 1290. The number of nitrogens with one attached hydrogen (secondary N) is 1. The Morgan fingerprint density at radius 3 is 2.39 bits per heavy atom. The minimum atomic E-state index is -4.19. The van der Waals surface area contributed by atoms with Gasteiger partial charge in [0.15, 0.2) is 0 Å². The summed E-state index contributed by atoms with van der Waals surface area (Å²) in [6.07, 6.45) is 6.18. The minimum Gasteiger partial charge on any atom is -0.326 e. The zero-order valence-corrected chi connectivity index (χ0v) is 20.8. The van der Waals surface area contributed by atoms with E-state index in [0.29, 0.717) is 12.1 Å². The lowest BCUT2D eigenvalue weighted by Gasteiger charge is -2.27. The standard InChI is InChI=1S/C26H28FN3O5S/c1-18(31)28-21-9-11-22(12-10-21)30-25(32)17-24(26(30)33)29(16-15-19-5-3-2-4-6-19)36(34,35)23-13-7-20(27)8-14-23/h5,7-14,24H,2-4,6,15-17H2,1H3,(H,28,31). The van der Waals surface area contributed by atoms with Gasteiger partial charge in [0.2, 0.25) is 21.8 Å². The molecule has 2 aromatic carbocycles. The fraction of sp³-hybridized carbons (Fsp3) is 0.346. The quantitative estimate of drug-likeness (QED) is 0.425. The Labute approximate surface area is 209 Å². The van der Waals surface area contributed by atoms with Crippen LogP contribution in [0.15, 0.2) is 65.1 Å². The molecule has 1 atom stereocenters. The number of carbonyl (C=O) groups excluding carboxylic acids is 3. The number of hydrogen-bond donors (Lipinski definition) is 1.